The Morgan fingerprint density at radius 2 is 2.12 bits per heavy atom. The van der Waals surface area contributed by atoms with Gasteiger partial charge in [-0.2, -0.15) is 0 Å². The molecule has 0 bridgehead atoms. The molecule has 0 radical (unpaired) electrons. The Balaban J connectivity index is 1.51. The van der Waals surface area contributed by atoms with Crippen molar-refractivity contribution in [2.24, 2.45) is 5.92 Å². The second-order valence-electron chi connectivity index (χ2n) is 6.13. The molecular weight excluding hydrogens is 302 g/mol. The van der Waals surface area contributed by atoms with E-state index >= 15 is 0 Å². The fraction of sp³-hybridized carbons (Fsp3) is 0.263. The number of nitrogens with one attached hydrogen (secondary N) is 2. The normalized spacial score (nSPS) is 17.2. The molecule has 5 nitrogen and oxygen atoms in total. The fourth-order valence-electron chi connectivity index (χ4n) is 3.02. The summed E-state index contributed by atoms with van der Waals surface area (Å²) >= 11 is 0. The second kappa shape index (κ2) is 6.45. The number of fused-ring (bicyclic) bond motifs is 1. The van der Waals surface area contributed by atoms with E-state index in [1.807, 2.05) is 36.4 Å². The molecule has 0 saturated carbocycles. The van der Waals surface area contributed by atoms with Crippen molar-refractivity contribution < 1.29 is 9.21 Å². The Labute approximate surface area is 140 Å². The zero-order valence-electron chi connectivity index (χ0n) is 13.3. The zero-order chi connectivity index (χ0) is 16.4. The van der Waals surface area contributed by atoms with Crippen LogP contribution in [0.25, 0.3) is 11.1 Å². The number of anilines is 1. The molecule has 1 amide bonds. The van der Waals surface area contributed by atoms with Gasteiger partial charge in [-0.25, -0.2) is 4.98 Å². The zero-order valence-corrected chi connectivity index (χ0v) is 13.3. The third kappa shape index (κ3) is 3.16. The van der Waals surface area contributed by atoms with Gasteiger partial charge in [0.05, 0.1) is 5.92 Å². The summed E-state index contributed by atoms with van der Waals surface area (Å²) in [4.78, 5) is 16.7. The first-order chi connectivity index (χ1) is 11.8. The summed E-state index contributed by atoms with van der Waals surface area (Å²) in [6, 6.07) is 15.7. The summed E-state index contributed by atoms with van der Waals surface area (Å²) in [5.74, 6) is 0.784. The number of rotatable bonds is 4. The van der Waals surface area contributed by atoms with Crippen molar-refractivity contribution in [2.45, 2.75) is 12.8 Å². The maximum atomic E-state index is 12.2. The van der Waals surface area contributed by atoms with Gasteiger partial charge >= 0.3 is 0 Å². The van der Waals surface area contributed by atoms with Crippen LogP contribution in [0, 0.1) is 5.92 Å². The van der Waals surface area contributed by atoms with Crippen molar-refractivity contribution >= 4 is 22.7 Å². The molecule has 5 heteroatoms. The largest absolute Gasteiger partial charge is 0.440 e. The minimum atomic E-state index is 0.0454. The van der Waals surface area contributed by atoms with Gasteiger partial charge in [0.25, 0.3) is 0 Å². The molecule has 122 valence electrons. The molecule has 1 unspecified atom stereocenters. The number of nitrogens with zero attached hydrogens (tertiary/aromatic N) is 1. The van der Waals surface area contributed by atoms with E-state index in [1.165, 1.54) is 0 Å². The van der Waals surface area contributed by atoms with Gasteiger partial charge in [-0.3, -0.25) is 4.79 Å². The van der Waals surface area contributed by atoms with E-state index in [0.717, 1.165) is 36.3 Å². The van der Waals surface area contributed by atoms with Gasteiger partial charge in [-0.15, -0.1) is 0 Å². The molecule has 24 heavy (non-hydrogen) atoms. The van der Waals surface area contributed by atoms with Gasteiger partial charge in [0.15, 0.2) is 11.5 Å². The predicted molar refractivity (Wildman–Crippen MR) is 92.9 cm³/mol. The predicted octanol–water partition coefficient (Wildman–Crippen LogP) is 2.97. The highest BCUT2D eigenvalue weighted by Crippen LogP contribution is 2.22. The maximum absolute atomic E-state index is 12.2. The highest BCUT2D eigenvalue weighted by atomic mass is 16.3. The number of amides is 1. The molecule has 1 fully saturated rings. The number of oxazole rings is 1. The van der Waals surface area contributed by atoms with Crippen LogP contribution in [0.3, 0.4) is 0 Å². The molecular formula is C19H19N3O2. The minimum absolute atomic E-state index is 0.0454. The van der Waals surface area contributed by atoms with Gasteiger partial charge < -0.3 is 15.1 Å². The van der Waals surface area contributed by atoms with E-state index in [-0.39, 0.29) is 11.8 Å². The third-order valence-corrected chi connectivity index (χ3v) is 4.33. The van der Waals surface area contributed by atoms with Crippen molar-refractivity contribution in [3.05, 3.63) is 60.0 Å². The minimum Gasteiger partial charge on any atom is -0.440 e. The van der Waals surface area contributed by atoms with Crippen LogP contribution >= 0.6 is 0 Å². The first-order valence-electron chi connectivity index (χ1n) is 8.23. The fourth-order valence-corrected chi connectivity index (χ4v) is 3.02. The van der Waals surface area contributed by atoms with Crippen molar-refractivity contribution in [3.63, 3.8) is 0 Å². The Morgan fingerprint density at radius 1 is 1.25 bits per heavy atom. The van der Waals surface area contributed by atoms with Crippen LogP contribution in [0.5, 0.6) is 0 Å². The van der Waals surface area contributed by atoms with Gasteiger partial charge in [-0.1, -0.05) is 30.3 Å². The molecule has 4 rings (SSSR count). The molecule has 2 N–H and O–H groups in total. The first kappa shape index (κ1) is 14.9. The molecule has 1 saturated heterocycles. The van der Waals surface area contributed by atoms with Crippen molar-refractivity contribution in [3.8, 4) is 0 Å². The summed E-state index contributed by atoms with van der Waals surface area (Å²) in [7, 11) is 0. The molecule has 0 aliphatic carbocycles. The van der Waals surface area contributed by atoms with Crippen LogP contribution < -0.4 is 10.6 Å². The average Bonchev–Trinajstić information content (AvgIpc) is 3.24. The van der Waals surface area contributed by atoms with E-state index in [9.17, 15) is 4.79 Å². The van der Waals surface area contributed by atoms with E-state index in [0.29, 0.717) is 17.9 Å². The monoisotopic (exact) mass is 321 g/mol. The van der Waals surface area contributed by atoms with Gasteiger partial charge in [-0.05, 0) is 30.7 Å². The molecule has 1 aliphatic rings. The van der Waals surface area contributed by atoms with Crippen LogP contribution in [0.4, 0.5) is 5.69 Å². The van der Waals surface area contributed by atoms with Crippen molar-refractivity contribution in [1.82, 2.24) is 10.3 Å². The summed E-state index contributed by atoms with van der Waals surface area (Å²) < 4.78 is 5.84. The summed E-state index contributed by atoms with van der Waals surface area (Å²) in [6.07, 6.45) is 1.54. The first-order valence-corrected chi connectivity index (χ1v) is 8.23. The number of hydrogen-bond donors (Lipinski definition) is 2. The van der Waals surface area contributed by atoms with Crippen LogP contribution in [0.1, 0.15) is 17.9 Å². The van der Waals surface area contributed by atoms with Gasteiger partial charge in [0, 0.05) is 24.7 Å². The van der Waals surface area contributed by atoms with E-state index in [4.69, 9.17) is 4.42 Å². The molecule has 2 aromatic carbocycles. The smallest absolute Gasteiger partial charge is 0.228 e. The molecule has 1 aliphatic heterocycles. The van der Waals surface area contributed by atoms with Gasteiger partial charge in [0.2, 0.25) is 5.91 Å². The lowest BCUT2D eigenvalue weighted by molar-refractivity contribution is -0.119. The lowest BCUT2D eigenvalue weighted by atomic mass is 10.1. The van der Waals surface area contributed by atoms with Crippen LogP contribution in [-0.2, 0) is 11.2 Å². The van der Waals surface area contributed by atoms with Gasteiger partial charge in [0.1, 0.15) is 5.52 Å². The molecule has 2 heterocycles. The summed E-state index contributed by atoms with van der Waals surface area (Å²) in [5, 5.41) is 6.17. The number of aromatic nitrogens is 1. The van der Waals surface area contributed by atoms with E-state index < -0.39 is 0 Å². The second-order valence-corrected chi connectivity index (χ2v) is 6.13. The number of carbonyl (C=O) groups is 1. The highest BCUT2D eigenvalue weighted by molar-refractivity contribution is 5.94. The lowest BCUT2D eigenvalue weighted by Gasteiger charge is -2.09. The number of carbonyl (C=O) groups excluding carboxylic acids is 1. The average molecular weight is 321 g/mol. The highest BCUT2D eigenvalue weighted by Gasteiger charge is 2.22. The molecule has 1 atom stereocenters. The molecule has 3 aromatic rings. The topological polar surface area (TPSA) is 67.2 Å². The SMILES string of the molecule is O=C(Nc1ccc2nc(Cc3ccccc3)oc2c1)C1CCNC1. The quantitative estimate of drug-likeness (QED) is 0.775. The van der Waals surface area contributed by atoms with Crippen molar-refractivity contribution in [1.29, 1.82) is 0 Å². The van der Waals surface area contributed by atoms with Crippen LogP contribution in [0.15, 0.2) is 52.9 Å². The van der Waals surface area contributed by atoms with Crippen molar-refractivity contribution in [2.75, 3.05) is 18.4 Å². The lowest BCUT2D eigenvalue weighted by Crippen LogP contribution is -2.24. The standard InChI is InChI=1S/C19H19N3O2/c23-19(14-8-9-20-12-14)21-15-6-7-16-17(11-15)24-18(22-16)10-13-4-2-1-3-5-13/h1-7,11,14,20H,8-10,12H2,(H,21,23). The van der Waals surface area contributed by atoms with E-state index in [2.05, 4.69) is 27.8 Å². The summed E-state index contributed by atoms with van der Waals surface area (Å²) in [5.41, 5.74) is 3.41. The van der Waals surface area contributed by atoms with E-state index in [1.54, 1.807) is 0 Å². The Hall–Kier alpha value is -2.66. The molecule has 0 spiro atoms. The third-order valence-electron chi connectivity index (χ3n) is 4.33. The summed E-state index contributed by atoms with van der Waals surface area (Å²) in [6.45, 7) is 1.65. The Kier molecular flexibility index (Phi) is 4.01. The Morgan fingerprint density at radius 3 is 2.92 bits per heavy atom. The van der Waals surface area contributed by atoms with Crippen LogP contribution in [0.2, 0.25) is 0 Å². The Bertz CT molecular complexity index is 851. The number of benzene rings is 2. The maximum Gasteiger partial charge on any atom is 0.228 e. The molecule has 1 aromatic heterocycles. The number of hydrogen-bond acceptors (Lipinski definition) is 4. The van der Waals surface area contributed by atoms with Crippen LogP contribution in [-0.4, -0.2) is 24.0 Å².